The maximum absolute atomic E-state index is 6.10. The van der Waals surface area contributed by atoms with E-state index in [-0.39, 0.29) is 0 Å². The van der Waals surface area contributed by atoms with Crippen molar-refractivity contribution in [1.29, 1.82) is 0 Å². The number of fused-ring (bicyclic) bond motifs is 3. The molecule has 2 nitrogen and oxygen atoms in total. The predicted molar refractivity (Wildman–Crippen MR) is 76.9 cm³/mol. The summed E-state index contributed by atoms with van der Waals surface area (Å²) in [7, 11) is 0. The number of aromatic amines is 1. The Balaban J connectivity index is 2.09. The second kappa shape index (κ2) is 4.69. The van der Waals surface area contributed by atoms with Crippen LogP contribution in [0.4, 0.5) is 0 Å². The van der Waals surface area contributed by atoms with Gasteiger partial charge in [-0.05, 0) is 56.1 Å². The quantitative estimate of drug-likeness (QED) is 0.827. The minimum absolute atomic E-state index is 0.399. The number of hydrogen-bond acceptors (Lipinski definition) is 1. The Labute approximate surface area is 112 Å². The zero-order valence-electron chi connectivity index (χ0n) is 10.5. The first-order valence-electron chi connectivity index (χ1n) is 6.47. The lowest BCUT2D eigenvalue weighted by Gasteiger charge is -2.22. The van der Waals surface area contributed by atoms with Gasteiger partial charge in [0.25, 0.3) is 0 Å². The van der Waals surface area contributed by atoms with Gasteiger partial charge in [0.15, 0.2) is 0 Å². The molecule has 1 unspecified atom stereocenters. The molecular weight excluding hydrogens is 244 g/mol. The van der Waals surface area contributed by atoms with Crippen LogP contribution in [0, 0.1) is 0 Å². The van der Waals surface area contributed by atoms with Crippen molar-refractivity contribution >= 4 is 22.5 Å². The van der Waals surface area contributed by atoms with Gasteiger partial charge < -0.3 is 10.3 Å². The molecule has 1 aromatic heterocycles. The van der Waals surface area contributed by atoms with Crippen LogP contribution in [0.5, 0.6) is 0 Å². The molecule has 94 valence electrons. The van der Waals surface area contributed by atoms with Crippen molar-refractivity contribution in [2.75, 3.05) is 0 Å². The normalized spacial score (nSPS) is 19.3. The zero-order valence-corrected chi connectivity index (χ0v) is 11.2. The molecule has 3 rings (SSSR count). The third-order valence-electron chi connectivity index (χ3n) is 3.63. The van der Waals surface area contributed by atoms with E-state index < -0.39 is 0 Å². The second-order valence-electron chi connectivity index (χ2n) is 4.82. The summed E-state index contributed by atoms with van der Waals surface area (Å²) in [5, 5.41) is 5.55. The number of nitrogens with one attached hydrogen (secondary N) is 2. The number of hydrogen-bond donors (Lipinski definition) is 2. The van der Waals surface area contributed by atoms with Crippen LogP contribution in [0.1, 0.15) is 37.1 Å². The van der Waals surface area contributed by atoms with Gasteiger partial charge in [0.05, 0.1) is 6.04 Å². The molecule has 3 heteroatoms. The number of H-pyrrole nitrogens is 1. The fourth-order valence-corrected chi connectivity index (χ4v) is 2.99. The molecule has 0 bridgehead atoms. The van der Waals surface area contributed by atoms with E-state index in [0.29, 0.717) is 6.04 Å². The van der Waals surface area contributed by atoms with Crippen molar-refractivity contribution < 1.29 is 0 Å². The molecule has 0 spiro atoms. The average Bonchev–Trinajstić information content (AvgIpc) is 2.75. The van der Waals surface area contributed by atoms with Crippen LogP contribution in [0.3, 0.4) is 0 Å². The van der Waals surface area contributed by atoms with Gasteiger partial charge in [-0.3, -0.25) is 0 Å². The van der Waals surface area contributed by atoms with Gasteiger partial charge >= 0.3 is 0 Å². The average molecular weight is 261 g/mol. The monoisotopic (exact) mass is 260 g/mol. The Hall–Kier alpha value is -1.41. The highest BCUT2D eigenvalue weighted by atomic mass is 35.5. The van der Waals surface area contributed by atoms with Crippen molar-refractivity contribution in [2.24, 2.45) is 0 Å². The molecule has 0 fully saturated rings. The van der Waals surface area contributed by atoms with Gasteiger partial charge in [-0.2, -0.15) is 0 Å². The fourth-order valence-electron chi connectivity index (χ4n) is 2.81. The maximum atomic E-state index is 6.10. The minimum Gasteiger partial charge on any atom is -0.383 e. The lowest BCUT2D eigenvalue weighted by Crippen LogP contribution is -2.20. The topological polar surface area (TPSA) is 27.8 Å². The van der Waals surface area contributed by atoms with Crippen LogP contribution >= 0.6 is 11.6 Å². The molecule has 2 N–H and O–H groups in total. The summed E-state index contributed by atoms with van der Waals surface area (Å²) in [5.41, 5.74) is 3.95. The molecule has 0 aliphatic heterocycles. The van der Waals surface area contributed by atoms with Crippen molar-refractivity contribution in [1.82, 2.24) is 10.3 Å². The van der Waals surface area contributed by atoms with Crippen LogP contribution in [-0.4, -0.2) is 4.98 Å². The first-order valence-corrected chi connectivity index (χ1v) is 6.84. The van der Waals surface area contributed by atoms with Crippen LogP contribution in [0.25, 0.3) is 10.9 Å². The van der Waals surface area contributed by atoms with Crippen LogP contribution in [0.15, 0.2) is 30.5 Å². The van der Waals surface area contributed by atoms with E-state index in [2.05, 4.69) is 22.4 Å². The van der Waals surface area contributed by atoms with E-state index in [0.717, 1.165) is 11.4 Å². The highest BCUT2D eigenvalue weighted by molar-refractivity contribution is 6.31. The molecule has 18 heavy (non-hydrogen) atoms. The number of benzene rings is 1. The molecule has 1 aliphatic rings. The Morgan fingerprint density at radius 2 is 2.33 bits per heavy atom. The largest absolute Gasteiger partial charge is 0.383 e. The van der Waals surface area contributed by atoms with E-state index >= 15 is 0 Å². The summed E-state index contributed by atoms with van der Waals surface area (Å²) in [6.07, 6.45) is 7.61. The summed E-state index contributed by atoms with van der Waals surface area (Å²) < 4.78 is 0. The van der Waals surface area contributed by atoms with E-state index in [9.17, 15) is 0 Å². The number of halogens is 1. The Kier molecular flexibility index (Phi) is 3.04. The predicted octanol–water partition coefficient (Wildman–Crippen LogP) is 4.32. The summed E-state index contributed by atoms with van der Waals surface area (Å²) in [5.74, 6) is 0. The second-order valence-corrected chi connectivity index (χ2v) is 5.26. The SMILES string of the molecule is C/C=C/NC1CCCc2c1[nH]c1ccc(Cl)cc21. The maximum Gasteiger partial charge on any atom is 0.0660 e. The minimum atomic E-state index is 0.399. The highest BCUT2D eigenvalue weighted by Crippen LogP contribution is 2.35. The lowest BCUT2D eigenvalue weighted by atomic mass is 9.92. The summed E-state index contributed by atoms with van der Waals surface area (Å²) in [6.45, 7) is 2.03. The lowest BCUT2D eigenvalue weighted by molar-refractivity contribution is 0.505. The highest BCUT2D eigenvalue weighted by Gasteiger charge is 2.23. The van der Waals surface area contributed by atoms with Gasteiger partial charge in [-0.15, -0.1) is 0 Å². The van der Waals surface area contributed by atoms with E-state index in [1.54, 1.807) is 0 Å². The summed E-state index contributed by atoms with van der Waals surface area (Å²) in [4.78, 5) is 3.55. The van der Waals surface area contributed by atoms with Crippen LogP contribution in [0.2, 0.25) is 5.02 Å². The molecule has 0 radical (unpaired) electrons. The van der Waals surface area contributed by atoms with Gasteiger partial charge in [0.2, 0.25) is 0 Å². The molecular formula is C15H17ClN2. The summed E-state index contributed by atoms with van der Waals surface area (Å²) >= 11 is 6.10. The molecule has 1 aromatic carbocycles. The van der Waals surface area contributed by atoms with Crippen LogP contribution in [-0.2, 0) is 6.42 Å². The van der Waals surface area contributed by atoms with Gasteiger partial charge in [0, 0.05) is 21.6 Å². The first kappa shape index (κ1) is 11.7. The zero-order chi connectivity index (χ0) is 12.5. The molecule has 0 amide bonds. The van der Waals surface area contributed by atoms with Crippen molar-refractivity contribution in [2.45, 2.75) is 32.2 Å². The smallest absolute Gasteiger partial charge is 0.0660 e. The van der Waals surface area contributed by atoms with Crippen LogP contribution < -0.4 is 5.32 Å². The molecule has 1 heterocycles. The Bertz CT molecular complexity index is 598. The number of rotatable bonds is 2. The molecule has 2 aromatic rings. The van der Waals surface area contributed by atoms with E-state index in [4.69, 9.17) is 11.6 Å². The standard InChI is InChI=1S/C15H17ClN2/c1-2-8-17-14-5-3-4-11-12-9-10(16)6-7-13(12)18-15(11)14/h2,6-9,14,17-18H,3-5H2,1H3/b8-2+. The van der Waals surface area contributed by atoms with Crippen molar-refractivity contribution in [3.63, 3.8) is 0 Å². The van der Waals surface area contributed by atoms with Gasteiger partial charge in [0.1, 0.15) is 0 Å². The van der Waals surface area contributed by atoms with Crippen molar-refractivity contribution in [3.8, 4) is 0 Å². The van der Waals surface area contributed by atoms with Gasteiger partial charge in [-0.1, -0.05) is 17.7 Å². The molecule has 1 atom stereocenters. The van der Waals surface area contributed by atoms with E-state index in [1.165, 1.54) is 35.0 Å². The fraction of sp³-hybridized carbons (Fsp3) is 0.333. The third kappa shape index (κ3) is 1.91. The van der Waals surface area contributed by atoms with E-state index in [1.807, 2.05) is 25.3 Å². The number of allylic oxidation sites excluding steroid dienone is 1. The Morgan fingerprint density at radius 3 is 3.17 bits per heavy atom. The van der Waals surface area contributed by atoms with Gasteiger partial charge in [-0.25, -0.2) is 0 Å². The third-order valence-corrected chi connectivity index (χ3v) is 3.87. The summed E-state index contributed by atoms with van der Waals surface area (Å²) in [6, 6.07) is 6.49. The first-order chi connectivity index (χ1) is 8.79. The molecule has 0 saturated carbocycles. The number of aromatic nitrogens is 1. The Morgan fingerprint density at radius 1 is 1.44 bits per heavy atom. The van der Waals surface area contributed by atoms with Crippen molar-refractivity contribution in [3.05, 3.63) is 46.8 Å². The molecule has 1 aliphatic carbocycles. The molecule has 0 saturated heterocycles. The number of aryl methyl sites for hydroxylation is 1.